The molecule has 0 aliphatic carbocycles. The number of rotatable bonds is 16. The molecule has 0 aliphatic heterocycles. The Hall–Kier alpha value is -4.01. The van der Waals surface area contributed by atoms with Crippen molar-refractivity contribution in [3.05, 3.63) is 103 Å². The van der Waals surface area contributed by atoms with Crippen LogP contribution >= 0.6 is 0 Å². The Morgan fingerprint density at radius 2 is 1.79 bits per heavy atom. The molecule has 1 N–H and O–H groups in total. The number of ether oxygens (including phenoxy) is 2. The van der Waals surface area contributed by atoms with Crippen LogP contribution < -0.4 is 10.1 Å². The second-order valence-corrected chi connectivity index (χ2v) is 12.2. The first-order valence-corrected chi connectivity index (χ1v) is 16.1. The van der Waals surface area contributed by atoms with E-state index in [1.54, 1.807) is 42.9 Å². The second-order valence-electron chi connectivity index (χ2n) is 10.7. The molecule has 3 aromatic carbocycles. The zero-order valence-corrected chi connectivity index (χ0v) is 26.0. The Morgan fingerprint density at radius 3 is 2.53 bits per heavy atom. The molecule has 0 radical (unpaired) electrons. The summed E-state index contributed by atoms with van der Waals surface area (Å²) in [7, 11) is -1.21. The molecule has 7 nitrogen and oxygen atoms in total. The third-order valence-corrected chi connectivity index (χ3v) is 8.02. The first-order chi connectivity index (χ1) is 20.9. The van der Waals surface area contributed by atoms with Gasteiger partial charge >= 0.3 is 0 Å². The highest BCUT2D eigenvalue weighted by Crippen LogP contribution is 2.24. The fraction of sp³-hybridized carbons (Fsp3) is 0.314. The number of carbonyl (C=O) groups is 1. The number of nitrogens with zero attached hydrogens (tertiary/aromatic N) is 2. The molecule has 1 atom stereocenters. The maximum Gasteiger partial charge on any atom is 0.248 e. The minimum absolute atomic E-state index is 0.239. The summed E-state index contributed by atoms with van der Waals surface area (Å²) in [5, 5.41) is 2.88. The number of benzene rings is 3. The van der Waals surface area contributed by atoms with Crippen molar-refractivity contribution in [1.82, 2.24) is 9.55 Å². The summed E-state index contributed by atoms with van der Waals surface area (Å²) in [5.74, 6) is 1.44. The number of unbranched alkanes of at least 4 members (excludes halogenated alkanes) is 1. The van der Waals surface area contributed by atoms with Gasteiger partial charge in [-0.2, -0.15) is 0 Å². The van der Waals surface area contributed by atoms with Crippen molar-refractivity contribution in [3.63, 3.8) is 0 Å². The topological polar surface area (TPSA) is 82.4 Å². The highest BCUT2D eigenvalue weighted by atomic mass is 32.2. The van der Waals surface area contributed by atoms with E-state index in [0.717, 1.165) is 54.1 Å². The lowest BCUT2D eigenvalue weighted by atomic mass is 10.0. The first kappa shape index (κ1) is 31.9. The fourth-order valence-electron chi connectivity index (χ4n) is 4.42. The third kappa shape index (κ3) is 10.3. The lowest BCUT2D eigenvalue weighted by molar-refractivity contribution is -0.111. The average molecular weight is 600 g/mol. The number of imidazole rings is 1. The van der Waals surface area contributed by atoms with Crippen molar-refractivity contribution < 1.29 is 18.5 Å². The van der Waals surface area contributed by atoms with E-state index in [4.69, 9.17) is 9.47 Å². The molecule has 0 aliphatic rings. The summed E-state index contributed by atoms with van der Waals surface area (Å²) in [6, 6.07) is 23.1. The molecule has 8 heteroatoms. The molecule has 4 aromatic rings. The molecule has 1 heterocycles. The number of nitrogens with one attached hydrogen (secondary N) is 1. The van der Waals surface area contributed by atoms with E-state index in [1.807, 2.05) is 48.5 Å². The Morgan fingerprint density at radius 1 is 1.00 bits per heavy atom. The van der Waals surface area contributed by atoms with Crippen molar-refractivity contribution in [1.29, 1.82) is 0 Å². The van der Waals surface area contributed by atoms with Crippen LogP contribution in [0, 0.1) is 5.92 Å². The summed E-state index contributed by atoms with van der Waals surface area (Å²) < 4.78 is 26.3. The van der Waals surface area contributed by atoms with Crippen molar-refractivity contribution in [3.8, 4) is 16.9 Å². The number of carbonyl (C=O) groups excluding carboxylic acids is 1. The van der Waals surface area contributed by atoms with E-state index >= 15 is 0 Å². The van der Waals surface area contributed by atoms with Gasteiger partial charge in [0.1, 0.15) is 12.4 Å². The molecule has 226 valence electrons. The molecular formula is C35H41N3O4S. The van der Waals surface area contributed by atoms with Crippen LogP contribution in [-0.2, 0) is 32.6 Å². The second kappa shape index (κ2) is 16.6. The predicted molar refractivity (Wildman–Crippen MR) is 174 cm³/mol. The summed E-state index contributed by atoms with van der Waals surface area (Å²) in [6.07, 6.45) is 9.06. The molecule has 0 fully saturated rings. The maximum absolute atomic E-state index is 12.9. The van der Waals surface area contributed by atoms with E-state index in [0.29, 0.717) is 35.5 Å². The Balaban J connectivity index is 1.27. The van der Waals surface area contributed by atoms with Gasteiger partial charge in [-0.25, -0.2) is 4.98 Å². The van der Waals surface area contributed by atoms with Crippen LogP contribution in [0.15, 0.2) is 96.3 Å². The quantitative estimate of drug-likeness (QED) is 0.107. The molecule has 1 amide bonds. The lowest BCUT2D eigenvalue weighted by Crippen LogP contribution is -2.09. The van der Waals surface area contributed by atoms with Crippen molar-refractivity contribution in [2.24, 2.45) is 5.92 Å². The summed E-state index contributed by atoms with van der Waals surface area (Å²) in [4.78, 5) is 17.5. The molecule has 0 unspecified atom stereocenters. The minimum Gasteiger partial charge on any atom is -0.491 e. The van der Waals surface area contributed by atoms with Crippen LogP contribution in [0.25, 0.3) is 17.2 Å². The molecule has 43 heavy (non-hydrogen) atoms. The van der Waals surface area contributed by atoms with Crippen molar-refractivity contribution in [2.75, 3.05) is 25.1 Å². The summed E-state index contributed by atoms with van der Waals surface area (Å²) >= 11 is 0. The van der Waals surface area contributed by atoms with Crippen molar-refractivity contribution in [2.45, 2.75) is 50.8 Å². The lowest BCUT2D eigenvalue weighted by Gasteiger charge is -2.10. The monoisotopic (exact) mass is 599 g/mol. The summed E-state index contributed by atoms with van der Waals surface area (Å²) in [6.45, 7) is 9.16. The molecule has 0 spiro atoms. The highest BCUT2D eigenvalue weighted by Gasteiger charge is 2.11. The van der Waals surface area contributed by atoms with Gasteiger partial charge in [-0.15, -0.1) is 0 Å². The first-order valence-electron chi connectivity index (χ1n) is 14.8. The molecule has 1 aromatic heterocycles. The SMILES string of the molecule is CCCCOCCOc1ccc(-c2cccc(/C=C/C(=O)Nc3ccc([S@@](=O)Cc4cncn4CC(C)C)cc3)c2)cc1. The summed E-state index contributed by atoms with van der Waals surface area (Å²) in [5.41, 5.74) is 4.62. The predicted octanol–water partition coefficient (Wildman–Crippen LogP) is 7.36. The molecular weight excluding hydrogens is 558 g/mol. The zero-order chi connectivity index (χ0) is 30.4. The van der Waals surface area contributed by atoms with Crippen LogP contribution in [0.4, 0.5) is 5.69 Å². The highest BCUT2D eigenvalue weighted by molar-refractivity contribution is 7.84. The smallest absolute Gasteiger partial charge is 0.248 e. The number of hydrogen-bond donors (Lipinski definition) is 1. The Bertz CT molecular complexity index is 1490. The molecule has 0 saturated carbocycles. The standard InChI is InChI=1S/C35H41N3O4S/c1-4-5-19-41-20-21-42-33-14-10-29(11-15-33)30-8-6-7-28(22-30)9-18-35(39)37-31-12-16-34(17-13-31)43(40)25-32-23-36-26-38(32)24-27(2)3/h6-18,22-23,26-27H,4-5,19-21,24-25H2,1-3H3,(H,37,39)/b18-9+/t43-/m0/s1. The van der Waals surface area contributed by atoms with Gasteiger partial charge in [-0.1, -0.05) is 57.5 Å². The van der Waals surface area contributed by atoms with Crippen LogP contribution in [0.2, 0.25) is 0 Å². The van der Waals surface area contributed by atoms with Gasteiger partial charge < -0.3 is 19.4 Å². The average Bonchev–Trinajstić information content (AvgIpc) is 3.44. The van der Waals surface area contributed by atoms with Crippen LogP contribution in [0.1, 0.15) is 44.9 Å². The zero-order valence-electron chi connectivity index (χ0n) is 25.2. The number of hydrogen-bond acceptors (Lipinski definition) is 5. The van der Waals surface area contributed by atoms with Gasteiger partial charge in [0.2, 0.25) is 5.91 Å². The van der Waals surface area contributed by atoms with Gasteiger partial charge in [0.15, 0.2) is 0 Å². The van der Waals surface area contributed by atoms with Crippen LogP contribution in [0.5, 0.6) is 5.75 Å². The van der Waals surface area contributed by atoms with Crippen LogP contribution in [-0.4, -0.2) is 39.5 Å². The molecule has 4 rings (SSSR count). The fourth-order valence-corrected chi connectivity index (χ4v) is 5.54. The number of aromatic nitrogens is 2. The van der Waals surface area contributed by atoms with E-state index in [1.165, 1.54) is 6.08 Å². The van der Waals surface area contributed by atoms with E-state index in [-0.39, 0.29) is 5.91 Å². The van der Waals surface area contributed by atoms with Crippen molar-refractivity contribution >= 4 is 28.5 Å². The normalized spacial score (nSPS) is 12.1. The Kier molecular flexibility index (Phi) is 12.3. The van der Waals surface area contributed by atoms with E-state index in [9.17, 15) is 9.00 Å². The number of anilines is 1. The van der Waals surface area contributed by atoms with E-state index < -0.39 is 10.8 Å². The van der Waals surface area contributed by atoms with Gasteiger partial charge in [0.25, 0.3) is 0 Å². The molecule has 0 saturated heterocycles. The van der Waals surface area contributed by atoms with Gasteiger partial charge in [0.05, 0.1) is 35.2 Å². The minimum atomic E-state index is -1.21. The molecule has 0 bridgehead atoms. The van der Waals surface area contributed by atoms with Gasteiger partial charge in [-0.3, -0.25) is 9.00 Å². The third-order valence-electron chi connectivity index (χ3n) is 6.66. The van der Waals surface area contributed by atoms with E-state index in [2.05, 4.69) is 35.6 Å². The number of amides is 1. The van der Waals surface area contributed by atoms with Gasteiger partial charge in [-0.05, 0) is 77.6 Å². The largest absolute Gasteiger partial charge is 0.491 e. The van der Waals surface area contributed by atoms with Gasteiger partial charge in [0, 0.05) is 36.0 Å². The maximum atomic E-state index is 12.9. The Labute approximate surface area is 257 Å². The van der Waals surface area contributed by atoms with Crippen LogP contribution in [0.3, 0.4) is 0 Å².